The lowest BCUT2D eigenvalue weighted by molar-refractivity contribution is 0.414. The predicted octanol–water partition coefficient (Wildman–Crippen LogP) is 9.57. The summed E-state index contributed by atoms with van der Waals surface area (Å²) >= 11 is 0. The summed E-state index contributed by atoms with van der Waals surface area (Å²) in [7, 11) is -1.45. The van der Waals surface area contributed by atoms with Crippen LogP contribution in [0.1, 0.15) is 26.3 Å². The molecule has 0 radical (unpaired) electrons. The number of fused-ring (bicyclic) bond motifs is 7. The molecule has 0 spiro atoms. The van der Waals surface area contributed by atoms with E-state index in [1.165, 1.54) is 70.0 Å². The van der Waals surface area contributed by atoms with Gasteiger partial charge >= 0.3 is 0 Å². The normalized spacial score (nSPS) is 13.2. The molecular formula is C35H33NSi. The maximum absolute atomic E-state index is 5.08. The first-order valence-corrected chi connectivity index (χ1v) is 16.9. The zero-order valence-corrected chi connectivity index (χ0v) is 23.7. The van der Waals surface area contributed by atoms with E-state index < -0.39 is 8.07 Å². The van der Waals surface area contributed by atoms with Crippen molar-refractivity contribution in [2.45, 2.75) is 46.8 Å². The summed E-state index contributed by atoms with van der Waals surface area (Å²) in [4.78, 5) is 5.08. The van der Waals surface area contributed by atoms with Gasteiger partial charge in [-0.1, -0.05) is 106 Å². The Morgan fingerprint density at radius 2 is 1.35 bits per heavy atom. The molecule has 0 atom stereocenters. The first kappa shape index (κ1) is 22.7. The van der Waals surface area contributed by atoms with Crippen LogP contribution in [0.2, 0.25) is 19.6 Å². The smallest absolute Gasteiger partial charge is 0.0793 e. The molecule has 1 aromatic heterocycles. The quantitative estimate of drug-likeness (QED) is 0.132. The Bertz CT molecular complexity index is 2020. The van der Waals surface area contributed by atoms with Gasteiger partial charge in [0.25, 0.3) is 0 Å². The molecule has 7 rings (SSSR count). The Labute approximate surface area is 219 Å². The van der Waals surface area contributed by atoms with Gasteiger partial charge < -0.3 is 0 Å². The first-order chi connectivity index (χ1) is 17.6. The maximum atomic E-state index is 5.08. The van der Waals surface area contributed by atoms with Gasteiger partial charge in [-0.25, -0.2) is 0 Å². The van der Waals surface area contributed by atoms with Crippen LogP contribution in [0.15, 0.2) is 79.0 Å². The third-order valence-corrected chi connectivity index (χ3v) is 10.2. The fourth-order valence-electron chi connectivity index (χ4n) is 6.50. The lowest BCUT2D eigenvalue weighted by Crippen LogP contribution is -2.37. The van der Waals surface area contributed by atoms with E-state index in [0.717, 1.165) is 11.9 Å². The molecule has 6 aromatic carbocycles. The average molecular weight is 496 g/mol. The molecule has 0 aliphatic heterocycles. The average Bonchev–Trinajstić information content (AvgIpc) is 2.86. The van der Waals surface area contributed by atoms with Crippen molar-refractivity contribution in [3.05, 3.63) is 84.6 Å². The van der Waals surface area contributed by atoms with E-state index in [9.17, 15) is 0 Å². The Hall–Kier alpha value is -3.49. The monoisotopic (exact) mass is 495 g/mol. The van der Waals surface area contributed by atoms with Crippen molar-refractivity contribution in [2.24, 2.45) is 5.41 Å². The van der Waals surface area contributed by atoms with Crippen LogP contribution in [-0.4, -0.2) is 13.1 Å². The molecule has 2 heteroatoms. The second-order valence-corrected chi connectivity index (χ2v) is 18.1. The number of aromatic nitrogens is 1. The highest BCUT2D eigenvalue weighted by Gasteiger charge is 2.24. The van der Waals surface area contributed by atoms with Crippen LogP contribution in [0.4, 0.5) is 0 Å². The van der Waals surface area contributed by atoms with Crippen LogP contribution in [0.25, 0.3) is 64.8 Å². The summed E-state index contributed by atoms with van der Waals surface area (Å²) in [5.41, 5.74) is 2.75. The first-order valence-electron chi connectivity index (χ1n) is 13.4. The summed E-state index contributed by atoms with van der Waals surface area (Å²) in [6, 6.07) is 27.7. The van der Waals surface area contributed by atoms with Crippen LogP contribution in [0.3, 0.4) is 0 Å². The number of rotatable bonds is 2. The molecule has 0 bridgehead atoms. The second kappa shape index (κ2) is 7.52. The zero-order valence-electron chi connectivity index (χ0n) is 22.7. The molecular weight excluding hydrogens is 462 g/mol. The summed E-state index contributed by atoms with van der Waals surface area (Å²) in [6.07, 6.45) is 3.04. The van der Waals surface area contributed by atoms with Crippen LogP contribution in [-0.2, 0) is 6.42 Å². The summed E-state index contributed by atoms with van der Waals surface area (Å²) < 4.78 is 0. The molecule has 0 unspecified atom stereocenters. The molecule has 7 aromatic rings. The van der Waals surface area contributed by atoms with Crippen molar-refractivity contribution >= 4 is 78.0 Å². The van der Waals surface area contributed by atoms with Gasteiger partial charge in [0.2, 0.25) is 0 Å². The number of hydrogen-bond acceptors (Lipinski definition) is 1. The number of pyridine rings is 1. The van der Waals surface area contributed by atoms with E-state index in [2.05, 4.69) is 113 Å². The molecule has 1 nitrogen and oxygen atoms in total. The topological polar surface area (TPSA) is 12.9 Å². The van der Waals surface area contributed by atoms with Gasteiger partial charge in [0.05, 0.1) is 13.6 Å². The second-order valence-electron chi connectivity index (χ2n) is 13.1. The molecule has 37 heavy (non-hydrogen) atoms. The minimum Gasteiger partial charge on any atom is -0.256 e. The minimum absolute atomic E-state index is 0.168. The van der Waals surface area contributed by atoms with Crippen molar-refractivity contribution < 1.29 is 0 Å². The van der Waals surface area contributed by atoms with Crippen LogP contribution in [0, 0.1) is 5.41 Å². The number of benzene rings is 6. The van der Waals surface area contributed by atoms with Crippen molar-refractivity contribution in [3.8, 4) is 0 Å². The van der Waals surface area contributed by atoms with Crippen molar-refractivity contribution in [2.75, 3.05) is 0 Å². The number of hydrogen-bond donors (Lipinski definition) is 0. The molecule has 182 valence electrons. The zero-order chi connectivity index (χ0) is 25.7. The third kappa shape index (κ3) is 3.32. The lowest BCUT2D eigenvalue weighted by Gasteiger charge is -2.24. The maximum Gasteiger partial charge on any atom is 0.0793 e. The van der Waals surface area contributed by atoms with E-state index in [-0.39, 0.29) is 5.41 Å². The van der Waals surface area contributed by atoms with Crippen LogP contribution in [0.5, 0.6) is 0 Å². The van der Waals surface area contributed by atoms with Gasteiger partial charge in [-0.3, -0.25) is 4.98 Å². The SMILES string of the molecule is CC(C)(C)Cc1c2ccccc2cc2c3nccc4c5ccc([Si](C)(C)C)cc5c5cccc(c12)c5c43. The Morgan fingerprint density at radius 3 is 2.14 bits per heavy atom. The molecule has 0 saturated carbocycles. The van der Waals surface area contributed by atoms with Gasteiger partial charge in [0.15, 0.2) is 0 Å². The van der Waals surface area contributed by atoms with Gasteiger partial charge in [-0.15, -0.1) is 0 Å². The molecule has 0 aliphatic carbocycles. The van der Waals surface area contributed by atoms with Crippen molar-refractivity contribution in [3.63, 3.8) is 0 Å². The highest BCUT2D eigenvalue weighted by Crippen LogP contribution is 2.46. The highest BCUT2D eigenvalue weighted by atomic mass is 28.3. The van der Waals surface area contributed by atoms with Gasteiger partial charge in [0, 0.05) is 22.4 Å². The van der Waals surface area contributed by atoms with Gasteiger partial charge in [-0.2, -0.15) is 0 Å². The van der Waals surface area contributed by atoms with Gasteiger partial charge in [0.1, 0.15) is 0 Å². The van der Waals surface area contributed by atoms with E-state index in [1.807, 2.05) is 6.20 Å². The summed E-state index contributed by atoms with van der Waals surface area (Å²) in [5, 5.41) is 16.3. The number of nitrogens with zero attached hydrogens (tertiary/aromatic N) is 1. The molecule has 0 saturated heterocycles. The van der Waals surface area contributed by atoms with Crippen molar-refractivity contribution in [1.29, 1.82) is 0 Å². The van der Waals surface area contributed by atoms with Crippen molar-refractivity contribution in [1.82, 2.24) is 4.98 Å². The van der Waals surface area contributed by atoms with E-state index in [4.69, 9.17) is 4.98 Å². The van der Waals surface area contributed by atoms with E-state index >= 15 is 0 Å². The fourth-order valence-corrected chi connectivity index (χ4v) is 7.66. The summed E-state index contributed by atoms with van der Waals surface area (Å²) in [6.45, 7) is 14.4. The predicted molar refractivity (Wildman–Crippen MR) is 167 cm³/mol. The minimum atomic E-state index is -1.45. The summed E-state index contributed by atoms with van der Waals surface area (Å²) in [5.74, 6) is 0. The van der Waals surface area contributed by atoms with Crippen LogP contribution >= 0.6 is 0 Å². The Morgan fingerprint density at radius 1 is 0.622 bits per heavy atom. The Kier molecular flexibility index (Phi) is 4.61. The van der Waals surface area contributed by atoms with E-state index in [0.29, 0.717) is 0 Å². The third-order valence-electron chi connectivity index (χ3n) is 8.12. The van der Waals surface area contributed by atoms with E-state index in [1.54, 1.807) is 0 Å². The highest BCUT2D eigenvalue weighted by molar-refractivity contribution is 6.88. The molecule has 0 aliphatic rings. The Balaban J connectivity index is 1.80. The molecule has 1 heterocycles. The molecule has 0 fully saturated rings. The molecule has 0 amide bonds. The largest absolute Gasteiger partial charge is 0.256 e. The lowest BCUT2D eigenvalue weighted by atomic mass is 9.80. The molecule has 0 N–H and O–H groups in total. The standard InChI is InChI=1S/C35H33NSi/c1-35(2,3)20-30-23-11-8-7-10-21(23)18-29-31(30)27-13-9-12-25-28-19-22(37(4,5)6)14-15-24(28)26-16-17-36-34(29)33(26)32(25)27/h7-19H,20H2,1-6H3. The van der Waals surface area contributed by atoms with Gasteiger partial charge in [-0.05, 0) is 72.6 Å². The fraction of sp³-hybridized carbons (Fsp3) is 0.229. The van der Waals surface area contributed by atoms with Crippen LogP contribution < -0.4 is 5.19 Å².